The number of carbonyl (C=O) groups is 1. The maximum Gasteiger partial charge on any atom is 0.416 e. The summed E-state index contributed by atoms with van der Waals surface area (Å²) in [5, 5.41) is 5.68. The summed E-state index contributed by atoms with van der Waals surface area (Å²) in [5.41, 5.74) is -0.828. The number of aromatic nitrogens is 3. The van der Waals surface area contributed by atoms with Crippen molar-refractivity contribution in [2.75, 3.05) is 44.0 Å². The van der Waals surface area contributed by atoms with Crippen molar-refractivity contribution < 1.29 is 22.7 Å². The molecule has 1 saturated heterocycles. The zero-order chi connectivity index (χ0) is 30.2. The molecule has 5 rings (SSSR count). The zero-order valence-electron chi connectivity index (χ0n) is 23.2. The second-order valence-corrected chi connectivity index (χ2v) is 10.0. The molecule has 10 nitrogen and oxygen atoms in total. The van der Waals surface area contributed by atoms with Crippen LogP contribution in [0.1, 0.15) is 27.0 Å². The Balaban J connectivity index is 1.48. The number of anilines is 2. The molecule has 0 bridgehead atoms. The summed E-state index contributed by atoms with van der Waals surface area (Å²) in [7, 11) is 3.20. The highest BCUT2D eigenvalue weighted by Gasteiger charge is 2.34. The Morgan fingerprint density at radius 3 is 2.50 bits per heavy atom. The first-order valence-electron chi connectivity index (χ1n) is 13.2. The van der Waals surface area contributed by atoms with Crippen LogP contribution in [0.2, 0.25) is 0 Å². The Hall–Kier alpha value is -4.49. The number of nitrogens with zero attached hydrogens (tertiary/aromatic N) is 4. The fourth-order valence-electron chi connectivity index (χ4n) is 4.95. The molecular formula is C29H29F3N6O4. The van der Waals surface area contributed by atoms with Gasteiger partial charge in [0, 0.05) is 57.2 Å². The third-order valence-electron chi connectivity index (χ3n) is 7.29. The molecule has 1 aliphatic heterocycles. The van der Waals surface area contributed by atoms with Gasteiger partial charge in [0.1, 0.15) is 5.82 Å². The number of hydrogen-bond donors (Lipinski definition) is 2. The summed E-state index contributed by atoms with van der Waals surface area (Å²) in [6.45, 7) is 3.72. The van der Waals surface area contributed by atoms with Crippen LogP contribution in [0.4, 0.5) is 24.7 Å². The van der Waals surface area contributed by atoms with Crippen LogP contribution in [0, 0.1) is 6.92 Å². The lowest BCUT2D eigenvalue weighted by molar-refractivity contribution is -0.138. The van der Waals surface area contributed by atoms with E-state index in [2.05, 4.69) is 15.6 Å². The van der Waals surface area contributed by atoms with Gasteiger partial charge in [-0.2, -0.15) is 13.2 Å². The summed E-state index contributed by atoms with van der Waals surface area (Å²) in [6, 6.07) is 9.70. The van der Waals surface area contributed by atoms with Crippen LogP contribution in [0.15, 0.2) is 58.3 Å². The molecule has 4 aromatic rings. The minimum absolute atomic E-state index is 0.0708. The Labute approximate surface area is 238 Å². The Bertz CT molecular complexity index is 1790. The van der Waals surface area contributed by atoms with E-state index in [1.807, 2.05) is 4.90 Å². The number of rotatable bonds is 6. The quantitative estimate of drug-likeness (QED) is 0.358. The van der Waals surface area contributed by atoms with Crippen LogP contribution in [-0.2, 0) is 24.5 Å². The van der Waals surface area contributed by atoms with Crippen molar-refractivity contribution >= 4 is 28.3 Å². The monoisotopic (exact) mass is 582 g/mol. The number of nitrogens with one attached hydrogen (secondary N) is 2. The number of fused-ring (bicyclic) bond motifs is 1. The molecule has 1 fully saturated rings. The first-order chi connectivity index (χ1) is 20.0. The number of aryl methyl sites for hydroxylation is 2. The van der Waals surface area contributed by atoms with Crippen LogP contribution in [-0.4, -0.2) is 58.3 Å². The molecule has 0 atom stereocenters. The van der Waals surface area contributed by atoms with E-state index in [9.17, 15) is 27.6 Å². The molecule has 0 unspecified atom stereocenters. The highest BCUT2D eigenvalue weighted by Crippen LogP contribution is 2.34. The Morgan fingerprint density at radius 1 is 1.07 bits per heavy atom. The Kier molecular flexibility index (Phi) is 7.89. The van der Waals surface area contributed by atoms with Gasteiger partial charge in [0.25, 0.3) is 11.5 Å². The van der Waals surface area contributed by atoms with Gasteiger partial charge in [-0.05, 0) is 42.3 Å². The van der Waals surface area contributed by atoms with Gasteiger partial charge in [-0.1, -0.05) is 12.1 Å². The topological polar surface area (TPSA) is 110 Å². The van der Waals surface area contributed by atoms with Crippen LogP contribution in [0.3, 0.4) is 0 Å². The van der Waals surface area contributed by atoms with Crippen molar-refractivity contribution in [3.63, 3.8) is 0 Å². The molecule has 13 heteroatoms. The summed E-state index contributed by atoms with van der Waals surface area (Å²) >= 11 is 0. The number of hydrogen-bond acceptors (Lipinski definition) is 7. The van der Waals surface area contributed by atoms with Gasteiger partial charge in [0.15, 0.2) is 0 Å². The number of halogens is 3. The average molecular weight is 583 g/mol. The number of morpholine rings is 1. The van der Waals surface area contributed by atoms with Crippen molar-refractivity contribution in [3.8, 4) is 5.69 Å². The van der Waals surface area contributed by atoms with Crippen LogP contribution >= 0.6 is 0 Å². The van der Waals surface area contributed by atoms with E-state index in [0.29, 0.717) is 43.2 Å². The van der Waals surface area contributed by atoms with Gasteiger partial charge >= 0.3 is 11.9 Å². The molecule has 0 saturated carbocycles. The first kappa shape index (κ1) is 29.0. The highest BCUT2D eigenvalue weighted by atomic mass is 19.4. The van der Waals surface area contributed by atoms with E-state index in [0.717, 1.165) is 10.6 Å². The normalized spacial score (nSPS) is 14.2. The molecule has 2 aromatic heterocycles. The van der Waals surface area contributed by atoms with Crippen molar-refractivity contribution in [3.05, 3.63) is 91.8 Å². The van der Waals surface area contributed by atoms with Gasteiger partial charge in [-0.25, -0.2) is 14.3 Å². The molecule has 1 aliphatic rings. The van der Waals surface area contributed by atoms with E-state index in [4.69, 9.17) is 4.74 Å². The summed E-state index contributed by atoms with van der Waals surface area (Å²) in [4.78, 5) is 45.8. The van der Waals surface area contributed by atoms with Crippen molar-refractivity contribution in [1.29, 1.82) is 0 Å². The molecule has 0 spiro atoms. The minimum Gasteiger partial charge on any atom is -0.379 e. The largest absolute Gasteiger partial charge is 0.416 e. The number of benzene rings is 2. The van der Waals surface area contributed by atoms with Crippen molar-refractivity contribution in [2.45, 2.75) is 19.6 Å². The second-order valence-electron chi connectivity index (χ2n) is 10.0. The van der Waals surface area contributed by atoms with E-state index < -0.39 is 28.9 Å². The number of amides is 1. The van der Waals surface area contributed by atoms with Gasteiger partial charge in [0.05, 0.1) is 35.4 Å². The van der Waals surface area contributed by atoms with Crippen molar-refractivity contribution in [1.82, 2.24) is 19.0 Å². The number of pyridine rings is 1. The third-order valence-corrected chi connectivity index (χ3v) is 7.29. The third kappa shape index (κ3) is 5.65. The number of carbonyl (C=O) groups excluding carboxylic acids is 1. The van der Waals surface area contributed by atoms with Gasteiger partial charge < -0.3 is 15.4 Å². The smallest absolute Gasteiger partial charge is 0.379 e. The summed E-state index contributed by atoms with van der Waals surface area (Å²) < 4.78 is 49.5. The van der Waals surface area contributed by atoms with E-state index in [1.54, 1.807) is 32.2 Å². The molecule has 0 aliphatic carbocycles. The predicted octanol–water partition coefficient (Wildman–Crippen LogP) is 3.54. The fourth-order valence-corrected chi connectivity index (χ4v) is 4.95. The fraction of sp³-hybridized carbons (Fsp3) is 0.310. The SMILES string of the molecule is CNc1cc2c(cn1)c(=O)n(-c1cc(NC(=O)c3ccc(CN4CCOCC4)c(C(F)(F)F)c3)ccc1C)c(=O)n2C. The lowest BCUT2D eigenvalue weighted by Gasteiger charge is -2.27. The lowest BCUT2D eigenvalue weighted by Crippen LogP contribution is -2.38. The Morgan fingerprint density at radius 2 is 1.81 bits per heavy atom. The van der Waals surface area contributed by atoms with Crippen LogP contribution in [0.5, 0.6) is 0 Å². The number of ether oxygens (including phenoxy) is 1. The standard InChI is InChI=1S/C29H29F3N6O4/c1-17-4-7-20(13-23(17)38-27(40)21-15-34-25(33-2)14-24(21)36(3)28(38)41)35-26(39)18-5-6-19(22(12-18)29(30,31)32)16-37-8-10-42-11-9-37/h4-7,12-15H,8-11,16H2,1-3H3,(H,33,34)(H,35,39). The van der Waals surface area contributed by atoms with E-state index >= 15 is 0 Å². The van der Waals surface area contributed by atoms with Gasteiger partial charge in [0.2, 0.25) is 0 Å². The van der Waals surface area contributed by atoms with Crippen LogP contribution < -0.4 is 21.9 Å². The molecule has 3 heterocycles. The molecular weight excluding hydrogens is 553 g/mol. The number of alkyl halides is 3. The van der Waals surface area contributed by atoms with Gasteiger partial charge in [-0.15, -0.1) is 0 Å². The highest BCUT2D eigenvalue weighted by molar-refractivity contribution is 6.04. The molecule has 220 valence electrons. The lowest BCUT2D eigenvalue weighted by atomic mass is 10.0. The predicted molar refractivity (Wildman–Crippen MR) is 152 cm³/mol. The first-order valence-corrected chi connectivity index (χ1v) is 13.2. The maximum absolute atomic E-state index is 14.0. The molecule has 2 N–H and O–H groups in total. The molecule has 2 aromatic carbocycles. The second kappa shape index (κ2) is 11.4. The average Bonchev–Trinajstić information content (AvgIpc) is 2.97. The zero-order valence-corrected chi connectivity index (χ0v) is 23.2. The van der Waals surface area contributed by atoms with Gasteiger partial charge in [-0.3, -0.25) is 19.1 Å². The van der Waals surface area contributed by atoms with Crippen LogP contribution in [0.25, 0.3) is 16.6 Å². The molecule has 42 heavy (non-hydrogen) atoms. The summed E-state index contributed by atoms with van der Waals surface area (Å²) in [5.74, 6) is -0.283. The molecule has 1 amide bonds. The van der Waals surface area contributed by atoms with Crippen molar-refractivity contribution in [2.24, 2.45) is 7.05 Å². The maximum atomic E-state index is 14.0. The summed E-state index contributed by atoms with van der Waals surface area (Å²) in [6.07, 6.45) is -3.28. The molecule has 0 radical (unpaired) electrons. The van der Waals surface area contributed by atoms with E-state index in [-0.39, 0.29) is 34.4 Å². The minimum atomic E-state index is -4.66. The van der Waals surface area contributed by atoms with E-state index in [1.165, 1.54) is 36.0 Å².